The van der Waals surface area contributed by atoms with E-state index in [1.807, 2.05) is 33.9 Å². The summed E-state index contributed by atoms with van der Waals surface area (Å²) < 4.78 is 33.2. The molecule has 6 heteroatoms. The van der Waals surface area contributed by atoms with E-state index >= 15 is 0 Å². The van der Waals surface area contributed by atoms with Crippen LogP contribution in [0.25, 0.3) is 0 Å². The highest BCUT2D eigenvalue weighted by Gasteiger charge is 2.40. The second-order valence-electron chi connectivity index (χ2n) is 5.91. The highest BCUT2D eigenvalue weighted by Crippen LogP contribution is 2.39. The summed E-state index contributed by atoms with van der Waals surface area (Å²) in [5.41, 5.74) is -0.588. The standard InChI is InChI=1S/C13H18F2O3Si/c1-13(2,3)19(4,5)18-11-9(14)7-6-8(10(11)15)12(16)17/h6-7H,1-5H3,(H,16,17). The van der Waals surface area contributed by atoms with Crippen molar-refractivity contribution in [3.63, 3.8) is 0 Å². The molecule has 0 saturated carbocycles. The van der Waals surface area contributed by atoms with Crippen LogP contribution in [-0.2, 0) is 0 Å². The Balaban J connectivity index is 3.29. The average Bonchev–Trinajstić information content (AvgIpc) is 2.21. The van der Waals surface area contributed by atoms with Gasteiger partial charge in [0.2, 0.25) is 0 Å². The summed E-state index contributed by atoms with van der Waals surface area (Å²) >= 11 is 0. The van der Waals surface area contributed by atoms with Crippen LogP contribution in [0, 0.1) is 11.6 Å². The zero-order valence-electron chi connectivity index (χ0n) is 11.7. The minimum Gasteiger partial charge on any atom is -0.540 e. The maximum absolute atomic E-state index is 14.0. The Morgan fingerprint density at radius 2 is 1.79 bits per heavy atom. The van der Waals surface area contributed by atoms with Gasteiger partial charge in [0.25, 0.3) is 8.32 Å². The summed E-state index contributed by atoms with van der Waals surface area (Å²) in [4.78, 5) is 10.8. The summed E-state index contributed by atoms with van der Waals surface area (Å²) in [6.07, 6.45) is 0. The van der Waals surface area contributed by atoms with Crippen molar-refractivity contribution in [1.29, 1.82) is 0 Å². The lowest BCUT2D eigenvalue weighted by atomic mass is 10.2. The van der Waals surface area contributed by atoms with Gasteiger partial charge in [-0.15, -0.1) is 0 Å². The molecule has 0 spiro atoms. The fraction of sp³-hybridized carbons (Fsp3) is 0.462. The van der Waals surface area contributed by atoms with Gasteiger partial charge in [0.1, 0.15) is 0 Å². The lowest BCUT2D eigenvalue weighted by Gasteiger charge is -2.36. The van der Waals surface area contributed by atoms with E-state index in [-0.39, 0.29) is 5.04 Å². The summed E-state index contributed by atoms with van der Waals surface area (Å²) in [5, 5.41) is 8.59. The zero-order chi connectivity index (χ0) is 15.0. The summed E-state index contributed by atoms with van der Waals surface area (Å²) in [6.45, 7) is 9.45. The number of aromatic carboxylic acids is 1. The van der Waals surface area contributed by atoms with Crippen molar-refractivity contribution in [2.75, 3.05) is 0 Å². The third kappa shape index (κ3) is 3.12. The molecule has 106 valence electrons. The molecule has 1 aromatic carbocycles. The van der Waals surface area contributed by atoms with Crippen molar-refractivity contribution in [2.24, 2.45) is 0 Å². The normalized spacial score (nSPS) is 12.4. The van der Waals surface area contributed by atoms with Gasteiger partial charge >= 0.3 is 5.97 Å². The van der Waals surface area contributed by atoms with Gasteiger partial charge in [-0.05, 0) is 30.3 Å². The second-order valence-corrected chi connectivity index (χ2v) is 10.6. The molecule has 0 aliphatic heterocycles. The maximum Gasteiger partial charge on any atom is 0.338 e. The molecule has 19 heavy (non-hydrogen) atoms. The second kappa shape index (κ2) is 4.92. The van der Waals surface area contributed by atoms with Gasteiger partial charge in [0.15, 0.2) is 17.4 Å². The topological polar surface area (TPSA) is 46.5 Å². The van der Waals surface area contributed by atoms with Crippen LogP contribution in [0.4, 0.5) is 8.78 Å². The van der Waals surface area contributed by atoms with E-state index in [4.69, 9.17) is 9.53 Å². The molecule has 0 aromatic heterocycles. The van der Waals surface area contributed by atoms with Crippen molar-refractivity contribution >= 4 is 14.3 Å². The van der Waals surface area contributed by atoms with Crippen LogP contribution in [0.2, 0.25) is 18.1 Å². The first kappa shape index (κ1) is 15.6. The van der Waals surface area contributed by atoms with Crippen LogP contribution in [0.1, 0.15) is 31.1 Å². The van der Waals surface area contributed by atoms with Gasteiger partial charge in [-0.3, -0.25) is 0 Å². The van der Waals surface area contributed by atoms with Gasteiger partial charge in [0, 0.05) is 0 Å². The largest absolute Gasteiger partial charge is 0.540 e. The molecule has 0 atom stereocenters. The molecule has 0 heterocycles. The van der Waals surface area contributed by atoms with E-state index in [2.05, 4.69) is 0 Å². The minimum absolute atomic E-state index is 0.245. The SMILES string of the molecule is CC(C)(C)[Si](C)(C)Oc1c(F)ccc(C(=O)O)c1F. The molecule has 0 bridgehead atoms. The molecule has 1 rings (SSSR count). The number of hydrogen-bond donors (Lipinski definition) is 1. The fourth-order valence-corrected chi connectivity index (χ4v) is 2.20. The molecule has 3 nitrogen and oxygen atoms in total. The first-order chi connectivity index (χ1) is 8.47. The molecule has 0 aliphatic rings. The van der Waals surface area contributed by atoms with Crippen molar-refractivity contribution in [3.05, 3.63) is 29.3 Å². The van der Waals surface area contributed by atoms with E-state index in [0.29, 0.717) is 0 Å². The van der Waals surface area contributed by atoms with E-state index in [0.717, 1.165) is 12.1 Å². The van der Waals surface area contributed by atoms with Crippen LogP contribution >= 0.6 is 0 Å². The van der Waals surface area contributed by atoms with Crippen LogP contribution < -0.4 is 4.43 Å². The number of benzene rings is 1. The first-order valence-corrected chi connectivity index (χ1v) is 8.78. The van der Waals surface area contributed by atoms with E-state index in [1.165, 1.54) is 0 Å². The lowest BCUT2D eigenvalue weighted by Crippen LogP contribution is -2.44. The van der Waals surface area contributed by atoms with Gasteiger partial charge in [-0.25, -0.2) is 13.6 Å². The van der Waals surface area contributed by atoms with Crippen LogP contribution in [0.5, 0.6) is 5.75 Å². The molecule has 0 unspecified atom stereocenters. The molecule has 1 N–H and O–H groups in total. The van der Waals surface area contributed by atoms with Gasteiger partial charge < -0.3 is 9.53 Å². The third-order valence-corrected chi connectivity index (χ3v) is 7.77. The quantitative estimate of drug-likeness (QED) is 0.854. The Labute approximate surface area is 112 Å². The van der Waals surface area contributed by atoms with Crippen molar-refractivity contribution in [2.45, 2.75) is 38.9 Å². The number of carboxylic acid groups (broad SMARTS) is 1. The summed E-state index contributed by atoms with van der Waals surface area (Å²) in [5.74, 6) is -4.08. The Kier molecular flexibility index (Phi) is 4.05. The predicted octanol–water partition coefficient (Wildman–Crippen LogP) is 4.05. The van der Waals surface area contributed by atoms with Crippen LogP contribution in [-0.4, -0.2) is 19.4 Å². The van der Waals surface area contributed by atoms with E-state index < -0.39 is 37.2 Å². The molecule has 0 fully saturated rings. The molecule has 1 aromatic rings. The number of rotatable bonds is 3. The van der Waals surface area contributed by atoms with E-state index in [1.54, 1.807) is 0 Å². The molecular formula is C13H18F2O3Si. The monoisotopic (exact) mass is 288 g/mol. The van der Waals surface area contributed by atoms with Crippen molar-refractivity contribution in [1.82, 2.24) is 0 Å². The van der Waals surface area contributed by atoms with Crippen molar-refractivity contribution in [3.8, 4) is 5.75 Å². The summed E-state index contributed by atoms with van der Waals surface area (Å²) in [6, 6.07) is 1.81. The highest BCUT2D eigenvalue weighted by molar-refractivity contribution is 6.74. The Morgan fingerprint density at radius 3 is 2.21 bits per heavy atom. The van der Waals surface area contributed by atoms with Gasteiger partial charge in [-0.1, -0.05) is 20.8 Å². The highest BCUT2D eigenvalue weighted by atomic mass is 28.4. The Hall–Kier alpha value is -1.43. The average molecular weight is 288 g/mol. The predicted molar refractivity (Wildman–Crippen MR) is 71.1 cm³/mol. The van der Waals surface area contributed by atoms with Crippen LogP contribution in [0.3, 0.4) is 0 Å². The van der Waals surface area contributed by atoms with Crippen molar-refractivity contribution < 1.29 is 23.1 Å². The summed E-state index contributed by atoms with van der Waals surface area (Å²) in [7, 11) is -2.44. The number of carboxylic acids is 1. The lowest BCUT2D eigenvalue weighted by molar-refractivity contribution is 0.0691. The maximum atomic E-state index is 14.0. The molecular weight excluding hydrogens is 270 g/mol. The third-order valence-electron chi connectivity index (χ3n) is 3.44. The minimum atomic E-state index is -2.44. The number of hydrogen-bond acceptors (Lipinski definition) is 2. The number of carbonyl (C=O) groups is 1. The van der Waals surface area contributed by atoms with Crippen LogP contribution in [0.15, 0.2) is 12.1 Å². The number of halogens is 2. The van der Waals surface area contributed by atoms with E-state index in [9.17, 15) is 13.6 Å². The molecule has 0 saturated heterocycles. The fourth-order valence-electron chi connectivity index (χ4n) is 1.20. The molecule has 0 amide bonds. The first-order valence-electron chi connectivity index (χ1n) is 5.87. The Bertz CT molecular complexity index is 507. The van der Waals surface area contributed by atoms with Gasteiger partial charge in [0.05, 0.1) is 5.56 Å². The van der Waals surface area contributed by atoms with Gasteiger partial charge in [-0.2, -0.15) is 0 Å². The zero-order valence-corrected chi connectivity index (χ0v) is 12.7. The molecule has 0 radical (unpaired) electrons. The molecule has 0 aliphatic carbocycles. The smallest absolute Gasteiger partial charge is 0.338 e. The Morgan fingerprint density at radius 1 is 1.26 bits per heavy atom.